The molecule has 6 heteroatoms. The Morgan fingerprint density at radius 1 is 1.21 bits per heavy atom. The summed E-state index contributed by atoms with van der Waals surface area (Å²) in [6.45, 7) is 0. The molecular formula is C13H12F3NS2. The Morgan fingerprint density at radius 2 is 2.00 bits per heavy atom. The van der Waals surface area contributed by atoms with Gasteiger partial charge >= 0.3 is 6.18 Å². The maximum atomic E-state index is 12.5. The molecule has 2 N–H and O–H groups in total. The Bertz CT molecular complexity index is 535. The van der Waals surface area contributed by atoms with Gasteiger partial charge in [0.05, 0.1) is 5.56 Å². The van der Waals surface area contributed by atoms with Gasteiger partial charge in [0.2, 0.25) is 0 Å². The Kier molecular flexibility index (Phi) is 4.42. The molecule has 0 amide bonds. The number of halogens is 3. The lowest BCUT2D eigenvalue weighted by Crippen LogP contribution is -2.05. The van der Waals surface area contributed by atoms with Crippen molar-refractivity contribution in [2.45, 2.75) is 17.5 Å². The van der Waals surface area contributed by atoms with Crippen LogP contribution in [-0.4, -0.2) is 5.75 Å². The lowest BCUT2D eigenvalue weighted by atomic mass is 10.2. The number of aryl methyl sites for hydroxylation is 1. The molecule has 2 aromatic rings. The van der Waals surface area contributed by atoms with E-state index in [1.54, 1.807) is 11.3 Å². The molecule has 0 unspecified atom stereocenters. The van der Waals surface area contributed by atoms with Crippen LogP contribution in [0.5, 0.6) is 0 Å². The minimum atomic E-state index is -4.34. The summed E-state index contributed by atoms with van der Waals surface area (Å²) >= 11 is 3.15. The fraction of sp³-hybridized carbons (Fsp3) is 0.231. The van der Waals surface area contributed by atoms with Crippen LogP contribution in [0.25, 0.3) is 0 Å². The van der Waals surface area contributed by atoms with Gasteiger partial charge in [0, 0.05) is 21.2 Å². The van der Waals surface area contributed by atoms with Crippen LogP contribution in [0.15, 0.2) is 40.6 Å². The number of nitrogens with two attached hydrogens (primary N) is 1. The van der Waals surface area contributed by atoms with Gasteiger partial charge < -0.3 is 5.73 Å². The third-order valence-corrected chi connectivity index (χ3v) is 4.55. The third kappa shape index (κ3) is 3.91. The third-order valence-electron chi connectivity index (χ3n) is 2.52. The van der Waals surface area contributed by atoms with Crippen LogP contribution in [0.3, 0.4) is 0 Å². The molecular weight excluding hydrogens is 291 g/mol. The average Bonchev–Trinajstić information content (AvgIpc) is 2.83. The highest BCUT2D eigenvalue weighted by molar-refractivity contribution is 7.99. The van der Waals surface area contributed by atoms with E-state index in [-0.39, 0.29) is 5.69 Å². The second-order valence-electron chi connectivity index (χ2n) is 3.93. The number of hydrogen-bond donors (Lipinski definition) is 1. The summed E-state index contributed by atoms with van der Waals surface area (Å²) in [6.07, 6.45) is -3.45. The minimum Gasteiger partial charge on any atom is -0.398 e. The molecule has 0 fully saturated rings. The summed E-state index contributed by atoms with van der Waals surface area (Å²) in [4.78, 5) is 1.96. The van der Waals surface area contributed by atoms with Crippen molar-refractivity contribution in [1.29, 1.82) is 0 Å². The van der Waals surface area contributed by atoms with Gasteiger partial charge in [-0.05, 0) is 36.1 Å². The number of rotatable bonds is 4. The molecule has 0 spiro atoms. The largest absolute Gasteiger partial charge is 0.416 e. The molecule has 0 aliphatic rings. The van der Waals surface area contributed by atoms with Gasteiger partial charge in [0.15, 0.2) is 0 Å². The van der Waals surface area contributed by atoms with E-state index in [0.29, 0.717) is 4.90 Å². The summed E-state index contributed by atoms with van der Waals surface area (Å²) in [7, 11) is 0. The Balaban J connectivity index is 1.97. The zero-order valence-corrected chi connectivity index (χ0v) is 11.5. The second kappa shape index (κ2) is 5.88. The van der Waals surface area contributed by atoms with E-state index in [2.05, 4.69) is 0 Å². The van der Waals surface area contributed by atoms with E-state index in [0.717, 1.165) is 24.3 Å². The molecule has 1 heterocycles. The lowest BCUT2D eigenvalue weighted by molar-refractivity contribution is -0.137. The van der Waals surface area contributed by atoms with E-state index >= 15 is 0 Å². The fourth-order valence-corrected chi connectivity index (χ4v) is 3.34. The van der Waals surface area contributed by atoms with Crippen LogP contribution in [-0.2, 0) is 12.6 Å². The van der Waals surface area contributed by atoms with Gasteiger partial charge in [-0.3, -0.25) is 0 Å². The molecule has 102 valence electrons. The number of anilines is 1. The number of hydrogen-bond acceptors (Lipinski definition) is 3. The first-order valence-electron chi connectivity index (χ1n) is 5.59. The number of benzene rings is 1. The molecule has 1 aromatic heterocycles. The fourth-order valence-electron chi connectivity index (χ4n) is 1.57. The Hall–Kier alpha value is -1.14. The lowest BCUT2D eigenvalue weighted by Gasteiger charge is -2.10. The molecule has 0 atom stereocenters. The highest BCUT2D eigenvalue weighted by Gasteiger charge is 2.30. The van der Waals surface area contributed by atoms with E-state index in [4.69, 9.17) is 5.73 Å². The quantitative estimate of drug-likeness (QED) is 0.655. The van der Waals surface area contributed by atoms with Crippen LogP contribution in [0.4, 0.5) is 18.9 Å². The zero-order valence-electron chi connectivity index (χ0n) is 9.91. The molecule has 2 rings (SSSR count). The summed E-state index contributed by atoms with van der Waals surface area (Å²) < 4.78 is 37.4. The van der Waals surface area contributed by atoms with Gasteiger partial charge in [-0.1, -0.05) is 6.07 Å². The number of thioether (sulfide) groups is 1. The van der Waals surface area contributed by atoms with Gasteiger partial charge in [-0.25, -0.2) is 0 Å². The first-order chi connectivity index (χ1) is 8.97. The SMILES string of the molecule is Nc1cc(C(F)(F)F)ccc1SCCc1cccs1. The predicted molar refractivity (Wildman–Crippen MR) is 74.6 cm³/mol. The first kappa shape index (κ1) is 14.3. The highest BCUT2D eigenvalue weighted by Crippen LogP contribution is 2.34. The van der Waals surface area contributed by atoms with Crippen molar-refractivity contribution in [1.82, 2.24) is 0 Å². The zero-order chi connectivity index (χ0) is 13.9. The average molecular weight is 303 g/mol. The van der Waals surface area contributed by atoms with Crippen LogP contribution < -0.4 is 5.73 Å². The van der Waals surface area contributed by atoms with E-state index in [1.165, 1.54) is 22.7 Å². The predicted octanol–water partition coefficient (Wildman–Crippen LogP) is 4.68. The van der Waals surface area contributed by atoms with E-state index < -0.39 is 11.7 Å². The molecule has 0 radical (unpaired) electrons. The van der Waals surface area contributed by atoms with Gasteiger partial charge in [-0.15, -0.1) is 23.1 Å². The molecule has 0 saturated heterocycles. The molecule has 1 aromatic carbocycles. The van der Waals surface area contributed by atoms with Crippen LogP contribution >= 0.6 is 23.1 Å². The monoisotopic (exact) mass is 303 g/mol. The van der Waals surface area contributed by atoms with Crippen molar-refractivity contribution >= 4 is 28.8 Å². The van der Waals surface area contributed by atoms with Crippen molar-refractivity contribution in [2.24, 2.45) is 0 Å². The summed E-state index contributed by atoms with van der Waals surface area (Å²) in [5.41, 5.74) is 5.14. The van der Waals surface area contributed by atoms with Gasteiger partial charge in [0.25, 0.3) is 0 Å². The van der Waals surface area contributed by atoms with Gasteiger partial charge in [0.1, 0.15) is 0 Å². The smallest absolute Gasteiger partial charge is 0.398 e. The Labute approximate surface area is 117 Å². The topological polar surface area (TPSA) is 26.0 Å². The molecule has 0 saturated carbocycles. The van der Waals surface area contributed by atoms with Crippen molar-refractivity contribution in [3.05, 3.63) is 46.2 Å². The number of thiophene rings is 1. The van der Waals surface area contributed by atoms with E-state index in [1.807, 2.05) is 17.5 Å². The van der Waals surface area contributed by atoms with Crippen LogP contribution in [0.1, 0.15) is 10.4 Å². The van der Waals surface area contributed by atoms with Crippen molar-refractivity contribution in [3.8, 4) is 0 Å². The second-order valence-corrected chi connectivity index (χ2v) is 6.10. The van der Waals surface area contributed by atoms with Gasteiger partial charge in [-0.2, -0.15) is 13.2 Å². The van der Waals surface area contributed by atoms with Crippen molar-refractivity contribution < 1.29 is 13.2 Å². The minimum absolute atomic E-state index is 0.186. The molecule has 0 bridgehead atoms. The molecule has 1 nitrogen and oxygen atoms in total. The molecule has 19 heavy (non-hydrogen) atoms. The van der Waals surface area contributed by atoms with Crippen molar-refractivity contribution in [3.63, 3.8) is 0 Å². The Morgan fingerprint density at radius 3 is 2.58 bits per heavy atom. The van der Waals surface area contributed by atoms with Crippen LogP contribution in [0.2, 0.25) is 0 Å². The number of nitrogen functional groups attached to an aromatic ring is 1. The highest BCUT2D eigenvalue weighted by atomic mass is 32.2. The standard InChI is InChI=1S/C13H12F3NS2/c14-13(15,16)9-3-4-12(11(17)8-9)19-7-5-10-2-1-6-18-10/h1-4,6,8H,5,7,17H2. The summed E-state index contributed by atoms with van der Waals surface area (Å²) in [6, 6.07) is 7.53. The summed E-state index contributed by atoms with van der Waals surface area (Å²) in [5, 5.41) is 2.01. The molecule has 0 aliphatic carbocycles. The normalized spacial score (nSPS) is 11.7. The number of alkyl halides is 3. The maximum Gasteiger partial charge on any atom is 0.416 e. The first-order valence-corrected chi connectivity index (χ1v) is 7.45. The van der Waals surface area contributed by atoms with Crippen molar-refractivity contribution in [2.75, 3.05) is 11.5 Å². The maximum absolute atomic E-state index is 12.5. The van der Waals surface area contributed by atoms with Crippen LogP contribution in [0, 0.1) is 0 Å². The van der Waals surface area contributed by atoms with E-state index in [9.17, 15) is 13.2 Å². The summed E-state index contributed by atoms with van der Waals surface area (Å²) in [5.74, 6) is 0.802. The molecule has 0 aliphatic heterocycles.